The van der Waals surface area contributed by atoms with Gasteiger partial charge in [-0.2, -0.15) is 4.99 Å². The summed E-state index contributed by atoms with van der Waals surface area (Å²) in [7, 11) is 1.76. The van der Waals surface area contributed by atoms with Gasteiger partial charge in [-0.1, -0.05) is 99.6 Å². The number of phenols is 1. The number of β-amino-alcohol motifs (C(OH)–C–C–N with tert-alkyl or cyclic N) is 1. The van der Waals surface area contributed by atoms with Gasteiger partial charge in [0.05, 0.1) is 41.4 Å². The minimum absolute atomic E-state index is 0.0155. The van der Waals surface area contributed by atoms with Crippen LogP contribution < -0.4 is 14.8 Å². The zero-order valence-corrected chi connectivity index (χ0v) is 43.1. The van der Waals surface area contributed by atoms with Gasteiger partial charge < -0.3 is 44.1 Å². The van der Waals surface area contributed by atoms with Crippen LogP contribution in [0.25, 0.3) is 21.6 Å². The third-order valence-electron chi connectivity index (χ3n) is 13.5. The maximum absolute atomic E-state index is 14.4. The molecule has 0 aliphatic carbocycles. The number of hydrogen-bond donors (Lipinski definition) is 3. The van der Waals surface area contributed by atoms with Crippen molar-refractivity contribution in [3.63, 3.8) is 0 Å². The molecule has 0 radical (unpaired) electrons. The maximum atomic E-state index is 14.4. The highest BCUT2D eigenvalue weighted by molar-refractivity contribution is 7.13. The van der Waals surface area contributed by atoms with E-state index in [-0.39, 0.29) is 61.4 Å². The van der Waals surface area contributed by atoms with Gasteiger partial charge in [0.25, 0.3) is 11.8 Å². The largest absolute Gasteiger partial charge is 0.508 e. The van der Waals surface area contributed by atoms with E-state index in [1.165, 1.54) is 5.57 Å². The van der Waals surface area contributed by atoms with Crippen molar-refractivity contribution in [2.45, 2.75) is 83.9 Å². The number of carbonyl (C=O) groups excluding carboxylic acids is 3. The van der Waals surface area contributed by atoms with E-state index in [2.05, 4.69) is 39.5 Å². The number of nitrogens with zero attached hydrogens (tertiary/aromatic N) is 5. The van der Waals surface area contributed by atoms with E-state index >= 15 is 0 Å². The second-order valence-electron chi connectivity index (χ2n) is 19.0. The predicted octanol–water partition coefficient (Wildman–Crippen LogP) is 9.04. The fraction of sp³-hybridized carbons (Fsp3) is 0.368. The molecule has 1 unspecified atom stereocenters. The van der Waals surface area contributed by atoms with Crippen LogP contribution in [-0.4, -0.2) is 112 Å². The molecule has 0 spiro atoms. The molecule has 3 amide bonds. The summed E-state index contributed by atoms with van der Waals surface area (Å²) in [5.41, 5.74) is 8.81. The number of nitrogens with one attached hydrogen (secondary N) is 1. The molecular formula is C57H64N6O9S. The lowest BCUT2D eigenvalue weighted by Gasteiger charge is -2.31. The number of aliphatic imine (C=N–C) groups is 1. The predicted molar refractivity (Wildman–Crippen MR) is 281 cm³/mol. The Bertz CT molecular complexity index is 2900. The van der Waals surface area contributed by atoms with Crippen molar-refractivity contribution in [2.24, 2.45) is 10.9 Å². The maximum Gasteiger partial charge on any atom is 0.277 e. The molecule has 0 saturated carbocycles. The van der Waals surface area contributed by atoms with E-state index in [1.807, 2.05) is 105 Å². The highest BCUT2D eigenvalue weighted by Crippen LogP contribution is 2.38. The van der Waals surface area contributed by atoms with E-state index in [0.717, 1.165) is 50.4 Å². The topological polar surface area (TPSA) is 189 Å². The molecule has 1 saturated heterocycles. The highest BCUT2D eigenvalue weighted by Gasteiger charge is 2.48. The number of phenolic OH excluding ortho intramolecular Hbond substituents is 1. The Balaban J connectivity index is 0.761. The number of aryl methyl sites for hydroxylation is 1. The number of likely N-dealkylation sites (tertiary alicyclic amines) is 1. The molecular weight excluding hydrogens is 945 g/mol. The third-order valence-corrected chi connectivity index (χ3v) is 14.5. The normalized spacial score (nSPS) is 18.3. The SMILES string of the molecule is CC/C(=C(\c1ccc(O)cc1)c1ccc(OCCN(C)C(=O)CCCOCCOc2cc(C(C(=O)N3C[C@H](O)C[C@H]3C3=NC(=O)[C@](C)(c4ccc(-c5scnc5C)cc4)N3)C(C)C)on2)cc1)c1ccccc1. The van der Waals surface area contributed by atoms with Crippen LogP contribution in [0.15, 0.2) is 124 Å². The van der Waals surface area contributed by atoms with Gasteiger partial charge in [0.1, 0.15) is 42.0 Å². The number of carbonyl (C=O) groups is 3. The summed E-state index contributed by atoms with van der Waals surface area (Å²) in [6.07, 6.45) is 1.07. The van der Waals surface area contributed by atoms with Crippen molar-refractivity contribution in [1.29, 1.82) is 0 Å². The molecule has 3 N–H and O–H groups in total. The molecule has 4 aromatic carbocycles. The van der Waals surface area contributed by atoms with Crippen molar-refractivity contribution in [1.82, 2.24) is 25.3 Å². The molecule has 15 nitrogen and oxygen atoms in total. The first kappa shape index (κ1) is 52.2. The quantitative estimate of drug-likeness (QED) is 0.0433. The smallest absolute Gasteiger partial charge is 0.277 e. The Hall–Kier alpha value is -7.14. The summed E-state index contributed by atoms with van der Waals surface area (Å²) < 4.78 is 23.3. The Kier molecular flexibility index (Phi) is 16.9. The lowest BCUT2D eigenvalue weighted by Crippen LogP contribution is -2.51. The van der Waals surface area contributed by atoms with E-state index in [9.17, 15) is 24.6 Å². The fourth-order valence-electron chi connectivity index (χ4n) is 9.44. The van der Waals surface area contributed by atoms with Crippen LogP contribution in [0.5, 0.6) is 17.4 Å². The molecule has 73 heavy (non-hydrogen) atoms. The van der Waals surface area contributed by atoms with Crippen LogP contribution in [0.1, 0.15) is 93.0 Å². The summed E-state index contributed by atoms with van der Waals surface area (Å²) in [5, 5.41) is 28.2. The monoisotopic (exact) mass is 1010 g/mol. The summed E-state index contributed by atoms with van der Waals surface area (Å²) in [4.78, 5) is 53.9. The number of aliphatic hydroxyl groups is 1. The van der Waals surface area contributed by atoms with Gasteiger partial charge in [-0.15, -0.1) is 11.3 Å². The van der Waals surface area contributed by atoms with Crippen LogP contribution in [0.4, 0.5) is 0 Å². The van der Waals surface area contributed by atoms with Crippen LogP contribution in [0.2, 0.25) is 0 Å². The molecule has 4 atom stereocenters. The molecule has 0 bridgehead atoms. The number of benzene rings is 4. The second-order valence-corrected chi connectivity index (χ2v) is 19.8. The number of thiazole rings is 1. The third kappa shape index (κ3) is 12.2. The number of hydrogen-bond acceptors (Lipinski definition) is 13. The highest BCUT2D eigenvalue weighted by atomic mass is 32.1. The first-order valence-corrected chi connectivity index (χ1v) is 25.7. The number of rotatable bonds is 22. The zero-order chi connectivity index (χ0) is 51.6. The number of aliphatic hydroxyl groups excluding tert-OH is 1. The van der Waals surface area contributed by atoms with Gasteiger partial charge in [0, 0.05) is 39.1 Å². The van der Waals surface area contributed by atoms with E-state index in [1.54, 1.807) is 53.3 Å². The fourth-order valence-corrected chi connectivity index (χ4v) is 10.2. The van der Waals surface area contributed by atoms with Crippen LogP contribution in [0, 0.1) is 12.8 Å². The summed E-state index contributed by atoms with van der Waals surface area (Å²) in [5.74, 6) is 0.150. The van der Waals surface area contributed by atoms with Crippen molar-refractivity contribution in [3.05, 3.63) is 148 Å². The number of allylic oxidation sites excluding steroid dienone is 1. The number of aromatic hydroxyl groups is 1. The molecule has 2 aromatic heterocycles. The van der Waals surface area contributed by atoms with E-state index in [4.69, 9.17) is 18.7 Å². The zero-order valence-electron chi connectivity index (χ0n) is 42.2. The molecule has 16 heteroatoms. The lowest BCUT2D eigenvalue weighted by molar-refractivity contribution is -0.134. The first-order chi connectivity index (χ1) is 35.2. The molecule has 8 rings (SSSR count). The summed E-state index contributed by atoms with van der Waals surface area (Å²) in [6, 6.07) is 34.2. The van der Waals surface area contributed by atoms with Crippen molar-refractivity contribution < 1.29 is 43.3 Å². The van der Waals surface area contributed by atoms with Crippen LogP contribution in [0.3, 0.4) is 0 Å². The molecule has 2 aliphatic heterocycles. The Morgan fingerprint density at radius 2 is 1.64 bits per heavy atom. The van der Waals surface area contributed by atoms with Gasteiger partial charge in [-0.05, 0) is 101 Å². The van der Waals surface area contributed by atoms with Gasteiger partial charge in [0.15, 0.2) is 5.76 Å². The number of aromatic nitrogens is 2. The van der Waals surface area contributed by atoms with Gasteiger partial charge >= 0.3 is 0 Å². The van der Waals surface area contributed by atoms with Crippen LogP contribution >= 0.6 is 11.3 Å². The molecule has 4 heterocycles. The second kappa shape index (κ2) is 23.6. The minimum atomic E-state index is -1.15. The minimum Gasteiger partial charge on any atom is -0.508 e. The average Bonchev–Trinajstić information content (AvgIpc) is 4.20. The van der Waals surface area contributed by atoms with Crippen molar-refractivity contribution in [2.75, 3.05) is 46.6 Å². The molecule has 2 aliphatic rings. The Labute approximate surface area is 430 Å². The summed E-state index contributed by atoms with van der Waals surface area (Å²) in [6.45, 7) is 11.3. The Morgan fingerprint density at radius 1 is 0.932 bits per heavy atom. The molecule has 1 fully saturated rings. The van der Waals surface area contributed by atoms with Crippen molar-refractivity contribution >= 4 is 46.0 Å². The summed E-state index contributed by atoms with van der Waals surface area (Å²) >= 11 is 1.56. The first-order valence-electron chi connectivity index (χ1n) is 24.9. The Morgan fingerprint density at radius 3 is 2.32 bits per heavy atom. The van der Waals surface area contributed by atoms with Gasteiger partial charge in [-0.3, -0.25) is 14.4 Å². The van der Waals surface area contributed by atoms with Gasteiger partial charge in [0.2, 0.25) is 11.8 Å². The number of likely N-dealkylation sites (N-methyl/N-ethyl adjacent to an activating group) is 1. The average molecular weight is 1010 g/mol. The molecule has 6 aromatic rings. The van der Waals surface area contributed by atoms with Crippen LogP contribution in [-0.2, 0) is 24.7 Å². The lowest BCUT2D eigenvalue weighted by atomic mass is 9.88. The standard InChI is InChI=1S/C57H64N6O9S/c1-7-46(38-12-9-8-10-13-38)52(39-17-23-43(64)24-18-39)40-19-25-45(26-20-40)70-29-27-62(6)50(66)14-11-28-69-30-31-71-49-33-48(72-61-49)51(36(2)3)55(67)63-34-44(65)32-47(63)54-59-56(68)57(5,60-54)42-21-15-41(16-22-42)53-37(4)58-35-73-53/h8-10,12-13,15-26,33,35-36,44,47,51,64-65H,7,11,14,27-32,34H2,1-6H3,(H,59,60,68)/b52-46-/t44-,47+,51?,57+/m1/s1. The van der Waals surface area contributed by atoms with E-state index in [0.29, 0.717) is 49.9 Å². The van der Waals surface area contributed by atoms with Gasteiger partial charge in [-0.25, -0.2) is 4.98 Å². The number of amides is 3. The van der Waals surface area contributed by atoms with Crippen molar-refractivity contribution in [3.8, 4) is 27.8 Å². The number of amidine groups is 1. The molecule has 382 valence electrons. The van der Waals surface area contributed by atoms with E-state index < -0.39 is 23.6 Å². The number of ether oxygens (including phenoxy) is 3.